The fraction of sp³-hybridized carbons (Fsp3) is 0.316. The molecule has 29 heavy (non-hydrogen) atoms. The molecule has 7 nitrogen and oxygen atoms in total. The first-order valence-electron chi connectivity index (χ1n) is 9.11. The number of nitrogens with zero attached hydrogens (tertiary/aromatic N) is 3. The van der Waals surface area contributed by atoms with E-state index in [1.165, 1.54) is 35.7 Å². The molecule has 0 aliphatic carbocycles. The van der Waals surface area contributed by atoms with Crippen LogP contribution in [0.15, 0.2) is 30.5 Å². The van der Waals surface area contributed by atoms with Gasteiger partial charge in [0.25, 0.3) is 0 Å². The number of aromatic nitrogens is 2. The normalized spacial score (nSPS) is 10.9. The third-order valence-electron chi connectivity index (χ3n) is 4.20. The summed E-state index contributed by atoms with van der Waals surface area (Å²) in [6.07, 6.45) is 1.88. The van der Waals surface area contributed by atoms with Crippen LogP contribution >= 0.6 is 11.3 Å². The molecule has 0 unspecified atom stereocenters. The smallest absolute Gasteiger partial charge is 0.321 e. The Labute approximate surface area is 170 Å². The van der Waals surface area contributed by atoms with Gasteiger partial charge in [0.05, 0.1) is 10.2 Å². The Hall–Kier alpha value is -2.85. The van der Waals surface area contributed by atoms with Crippen molar-refractivity contribution in [2.75, 3.05) is 36.5 Å². The van der Waals surface area contributed by atoms with Crippen LogP contribution in [-0.4, -0.2) is 47.3 Å². The van der Waals surface area contributed by atoms with Gasteiger partial charge < -0.3 is 15.3 Å². The maximum absolute atomic E-state index is 14.3. The van der Waals surface area contributed by atoms with Gasteiger partial charge in [0.1, 0.15) is 5.82 Å². The summed E-state index contributed by atoms with van der Waals surface area (Å²) in [7, 11) is 0. The average Bonchev–Trinajstić information content (AvgIpc) is 3.07. The molecule has 10 heteroatoms. The number of likely N-dealkylation sites (N-methyl/N-ethyl adjacent to an activating group) is 1. The predicted molar refractivity (Wildman–Crippen MR) is 109 cm³/mol. The molecule has 1 aromatic carbocycles. The van der Waals surface area contributed by atoms with Gasteiger partial charge >= 0.3 is 6.03 Å². The van der Waals surface area contributed by atoms with E-state index in [0.717, 1.165) is 0 Å². The van der Waals surface area contributed by atoms with E-state index in [1.54, 1.807) is 11.0 Å². The number of fused-ring (bicyclic) bond motifs is 1. The van der Waals surface area contributed by atoms with Crippen LogP contribution < -0.4 is 15.5 Å². The minimum atomic E-state index is -0.469. The zero-order valence-electron chi connectivity index (χ0n) is 15.8. The SMILES string of the molecule is CCN(CCNC(=O)Nc1nc2ccc(F)cc2s1)c1ncc(CCO)cc1F. The van der Waals surface area contributed by atoms with E-state index in [0.29, 0.717) is 40.4 Å². The number of carbonyl (C=O) groups is 1. The second kappa shape index (κ2) is 9.57. The summed E-state index contributed by atoms with van der Waals surface area (Å²) < 4.78 is 28.2. The second-order valence-corrected chi connectivity index (χ2v) is 7.24. The summed E-state index contributed by atoms with van der Waals surface area (Å²) in [5, 5.41) is 14.6. The lowest BCUT2D eigenvalue weighted by Crippen LogP contribution is -2.37. The Morgan fingerprint density at radius 3 is 2.86 bits per heavy atom. The Morgan fingerprint density at radius 2 is 2.14 bits per heavy atom. The molecule has 0 fully saturated rings. The highest BCUT2D eigenvalue weighted by Crippen LogP contribution is 2.26. The van der Waals surface area contributed by atoms with Crippen molar-refractivity contribution in [3.63, 3.8) is 0 Å². The highest BCUT2D eigenvalue weighted by Gasteiger charge is 2.13. The molecule has 3 rings (SSSR count). The van der Waals surface area contributed by atoms with E-state index >= 15 is 0 Å². The van der Waals surface area contributed by atoms with Gasteiger partial charge in [-0.2, -0.15) is 0 Å². The van der Waals surface area contributed by atoms with Gasteiger partial charge in [-0.05, 0) is 43.2 Å². The zero-order valence-corrected chi connectivity index (χ0v) is 16.6. The average molecular weight is 421 g/mol. The van der Waals surface area contributed by atoms with Crippen LogP contribution in [0.1, 0.15) is 12.5 Å². The summed E-state index contributed by atoms with van der Waals surface area (Å²) in [5.74, 6) is -0.629. The first-order valence-corrected chi connectivity index (χ1v) is 9.93. The number of aliphatic hydroxyl groups excluding tert-OH is 1. The summed E-state index contributed by atoms with van der Waals surface area (Å²) >= 11 is 1.18. The Balaban J connectivity index is 1.54. The zero-order chi connectivity index (χ0) is 20.8. The van der Waals surface area contributed by atoms with E-state index < -0.39 is 11.8 Å². The minimum Gasteiger partial charge on any atom is -0.396 e. The number of anilines is 2. The number of halogens is 2. The van der Waals surface area contributed by atoms with Gasteiger partial charge in [-0.3, -0.25) is 5.32 Å². The number of hydrogen-bond acceptors (Lipinski definition) is 6. The molecule has 0 aliphatic rings. The first kappa shape index (κ1) is 20.9. The van der Waals surface area contributed by atoms with Crippen molar-refractivity contribution >= 4 is 38.5 Å². The standard InChI is InChI=1S/C19H21F2N5O2S/c1-2-26(17-14(21)9-12(5-8-27)11-23-17)7-6-22-18(28)25-19-24-15-4-3-13(20)10-16(15)29-19/h3-4,9-11,27H,2,5-8H2,1H3,(H2,22,24,25,28). The lowest BCUT2D eigenvalue weighted by Gasteiger charge is -2.22. The number of rotatable bonds is 8. The van der Waals surface area contributed by atoms with Crippen LogP contribution in [0.25, 0.3) is 10.2 Å². The van der Waals surface area contributed by atoms with Crippen LogP contribution in [0.3, 0.4) is 0 Å². The molecule has 154 valence electrons. The third kappa shape index (κ3) is 5.36. The summed E-state index contributed by atoms with van der Waals surface area (Å²) in [6.45, 7) is 2.93. The van der Waals surface area contributed by atoms with Gasteiger partial charge in [0, 0.05) is 32.4 Å². The highest BCUT2D eigenvalue weighted by atomic mass is 32.1. The molecule has 2 heterocycles. The number of carbonyl (C=O) groups excluding carboxylic acids is 1. The van der Waals surface area contributed by atoms with Crippen LogP contribution in [-0.2, 0) is 6.42 Å². The molecular weight excluding hydrogens is 400 g/mol. The Kier molecular flexibility index (Phi) is 6.89. The molecule has 0 radical (unpaired) electrons. The number of amides is 2. The molecule has 0 bridgehead atoms. The number of aliphatic hydroxyl groups is 1. The van der Waals surface area contributed by atoms with Crippen molar-refractivity contribution in [3.05, 3.63) is 47.7 Å². The summed E-state index contributed by atoms with van der Waals surface area (Å²) in [6, 6.07) is 5.14. The van der Waals surface area contributed by atoms with Crippen molar-refractivity contribution < 1.29 is 18.7 Å². The summed E-state index contributed by atoms with van der Waals surface area (Å²) in [5.41, 5.74) is 1.23. The monoisotopic (exact) mass is 421 g/mol. The predicted octanol–water partition coefficient (Wildman–Crippen LogP) is 3.15. The summed E-state index contributed by atoms with van der Waals surface area (Å²) in [4.78, 5) is 22.2. The quantitative estimate of drug-likeness (QED) is 0.520. The maximum atomic E-state index is 14.3. The van der Waals surface area contributed by atoms with Crippen LogP contribution in [0, 0.1) is 11.6 Å². The molecule has 2 aromatic heterocycles. The molecule has 0 saturated heterocycles. The van der Waals surface area contributed by atoms with E-state index in [-0.39, 0.29) is 24.8 Å². The topological polar surface area (TPSA) is 90.4 Å². The van der Waals surface area contributed by atoms with Gasteiger partial charge in [-0.15, -0.1) is 0 Å². The van der Waals surface area contributed by atoms with E-state index in [2.05, 4.69) is 20.6 Å². The molecule has 2 amide bonds. The van der Waals surface area contributed by atoms with Gasteiger partial charge in [-0.1, -0.05) is 11.3 Å². The lowest BCUT2D eigenvalue weighted by atomic mass is 10.2. The molecular formula is C19H21F2N5O2S. The van der Waals surface area contributed by atoms with Crippen LogP contribution in [0.5, 0.6) is 0 Å². The fourth-order valence-electron chi connectivity index (χ4n) is 2.78. The van der Waals surface area contributed by atoms with Gasteiger partial charge in [0.15, 0.2) is 16.8 Å². The van der Waals surface area contributed by atoms with Crippen molar-refractivity contribution in [2.45, 2.75) is 13.3 Å². The number of urea groups is 1. The Morgan fingerprint density at radius 1 is 1.31 bits per heavy atom. The highest BCUT2D eigenvalue weighted by molar-refractivity contribution is 7.22. The van der Waals surface area contributed by atoms with Crippen molar-refractivity contribution in [1.82, 2.24) is 15.3 Å². The molecule has 0 saturated carbocycles. The van der Waals surface area contributed by atoms with Gasteiger partial charge in [0.2, 0.25) is 0 Å². The molecule has 3 aromatic rings. The largest absolute Gasteiger partial charge is 0.396 e. The van der Waals surface area contributed by atoms with Crippen molar-refractivity contribution in [1.29, 1.82) is 0 Å². The fourth-order valence-corrected chi connectivity index (χ4v) is 3.67. The van der Waals surface area contributed by atoms with Crippen molar-refractivity contribution in [2.24, 2.45) is 0 Å². The number of thiazole rings is 1. The number of nitrogens with one attached hydrogen (secondary N) is 2. The van der Waals surface area contributed by atoms with Gasteiger partial charge in [-0.25, -0.2) is 23.5 Å². The number of benzene rings is 1. The molecule has 0 aliphatic heterocycles. The number of hydrogen-bond donors (Lipinski definition) is 3. The van der Waals surface area contributed by atoms with Crippen LogP contribution in [0.4, 0.5) is 24.5 Å². The molecule has 0 atom stereocenters. The van der Waals surface area contributed by atoms with E-state index in [4.69, 9.17) is 5.11 Å². The Bertz CT molecular complexity index is 998. The van der Waals surface area contributed by atoms with Crippen LogP contribution in [0.2, 0.25) is 0 Å². The third-order valence-corrected chi connectivity index (χ3v) is 5.13. The minimum absolute atomic E-state index is 0.0689. The molecule has 3 N–H and O–H groups in total. The van der Waals surface area contributed by atoms with E-state index in [9.17, 15) is 13.6 Å². The molecule has 0 spiro atoms. The number of pyridine rings is 1. The maximum Gasteiger partial charge on any atom is 0.321 e. The van der Waals surface area contributed by atoms with E-state index in [1.807, 2.05) is 6.92 Å². The van der Waals surface area contributed by atoms with Crippen molar-refractivity contribution in [3.8, 4) is 0 Å². The first-order chi connectivity index (χ1) is 14.0. The lowest BCUT2D eigenvalue weighted by molar-refractivity contribution is 0.252. The second-order valence-electron chi connectivity index (χ2n) is 6.21.